The molecule has 4 heteroatoms. The third-order valence-corrected chi connectivity index (χ3v) is 3.25. The fourth-order valence-corrected chi connectivity index (χ4v) is 1.99. The van der Waals surface area contributed by atoms with Gasteiger partial charge in [0.1, 0.15) is 5.75 Å². The molecule has 0 aliphatic carbocycles. The fourth-order valence-electron chi connectivity index (χ4n) is 1.86. The SMILES string of the molecule is CCOc1ccc(C=CC(=O)NCc2ccc(Cl)cc2)cc1. The number of carbonyl (C=O) groups is 1. The summed E-state index contributed by atoms with van der Waals surface area (Å²) >= 11 is 5.82. The molecule has 0 unspecified atom stereocenters. The molecule has 1 amide bonds. The molecule has 0 spiro atoms. The summed E-state index contributed by atoms with van der Waals surface area (Å²) in [4.78, 5) is 11.8. The third kappa shape index (κ3) is 5.26. The Bertz CT molecular complexity index is 633. The summed E-state index contributed by atoms with van der Waals surface area (Å²) in [6, 6.07) is 15.0. The van der Waals surface area contributed by atoms with Gasteiger partial charge in [0.25, 0.3) is 0 Å². The van der Waals surface area contributed by atoms with Crippen molar-refractivity contribution in [3.05, 3.63) is 70.8 Å². The van der Waals surface area contributed by atoms with Crippen LogP contribution in [0, 0.1) is 0 Å². The highest BCUT2D eigenvalue weighted by Crippen LogP contribution is 2.13. The van der Waals surface area contributed by atoms with E-state index in [1.807, 2.05) is 43.3 Å². The zero-order chi connectivity index (χ0) is 15.8. The molecule has 0 fully saturated rings. The van der Waals surface area contributed by atoms with Gasteiger partial charge in [0.2, 0.25) is 5.91 Å². The van der Waals surface area contributed by atoms with E-state index in [1.54, 1.807) is 18.2 Å². The van der Waals surface area contributed by atoms with Crippen LogP contribution < -0.4 is 10.1 Å². The van der Waals surface area contributed by atoms with Crippen molar-refractivity contribution in [3.8, 4) is 5.75 Å². The topological polar surface area (TPSA) is 38.3 Å². The predicted octanol–water partition coefficient (Wildman–Crippen LogP) is 4.07. The lowest BCUT2D eigenvalue weighted by molar-refractivity contribution is -0.116. The van der Waals surface area contributed by atoms with Gasteiger partial charge in [0, 0.05) is 17.6 Å². The number of hydrogen-bond donors (Lipinski definition) is 1. The highest BCUT2D eigenvalue weighted by Gasteiger charge is 1.98. The summed E-state index contributed by atoms with van der Waals surface area (Å²) < 4.78 is 5.37. The standard InChI is InChI=1S/C18H18ClNO2/c1-2-22-17-10-5-14(6-11-17)7-12-18(21)20-13-15-3-8-16(19)9-4-15/h3-12H,2,13H2,1H3,(H,20,21). The summed E-state index contributed by atoms with van der Waals surface area (Å²) in [5, 5.41) is 3.51. The van der Waals surface area contributed by atoms with Crippen molar-refractivity contribution >= 4 is 23.6 Å². The average Bonchev–Trinajstić information content (AvgIpc) is 2.54. The van der Waals surface area contributed by atoms with Crippen LogP contribution in [0.3, 0.4) is 0 Å². The number of benzene rings is 2. The molecule has 1 N–H and O–H groups in total. The van der Waals surface area contributed by atoms with Gasteiger partial charge in [-0.05, 0) is 48.4 Å². The maximum absolute atomic E-state index is 11.8. The van der Waals surface area contributed by atoms with E-state index in [2.05, 4.69) is 5.32 Å². The molecule has 2 aromatic rings. The Balaban J connectivity index is 1.84. The van der Waals surface area contributed by atoms with E-state index in [-0.39, 0.29) is 5.91 Å². The maximum atomic E-state index is 11.8. The summed E-state index contributed by atoms with van der Waals surface area (Å²) in [7, 11) is 0. The lowest BCUT2D eigenvalue weighted by atomic mass is 10.2. The predicted molar refractivity (Wildman–Crippen MR) is 89.9 cm³/mol. The zero-order valence-electron chi connectivity index (χ0n) is 12.4. The van der Waals surface area contributed by atoms with Crippen molar-refractivity contribution < 1.29 is 9.53 Å². The van der Waals surface area contributed by atoms with Crippen molar-refractivity contribution in [2.75, 3.05) is 6.61 Å². The van der Waals surface area contributed by atoms with Gasteiger partial charge in [-0.2, -0.15) is 0 Å². The molecular formula is C18H18ClNO2. The molecule has 0 saturated heterocycles. The van der Waals surface area contributed by atoms with Crippen molar-refractivity contribution in [1.29, 1.82) is 0 Å². The van der Waals surface area contributed by atoms with Crippen LogP contribution in [0.15, 0.2) is 54.6 Å². The number of amides is 1. The van der Waals surface area contributed by atoms with E-state index >= 15 is 0 Å². The Hall–Kier alpha value is -2.26. The number of ether oxygens (including phenoxy) is 1. The average molecular weight is 316 g/mol. The smallest absolute Gasteiger partial charge is 0.244 e. The molecule has 0 aliphatic rings. The molecule has 114 valence electrons. The van der Waals surface area contributed by atoms with Crippen LogP contribution >= 0.6 is 11.6 Å². The lowest BCUT2D eigenvalue weighted by Crippen LogP contribution is -2.20. The van der Waals surface area contributed by atoms with Gasteiger partial charge in [-0.15, -0.1) is 0 Å². The molecule has 22 heavy (non-hydrogen) atoms. The minimum Gasteiger partial charge on any atom is -0.494 e. The number of carbonyl (C=O) groups excluding carboxylic acids is 1. The summed E-state index contributed by atoms with van der Waals surface area (Å²) in [5.74, 6) is 0.690. The highest BCUT2D eigenvalue weighted by atomic mass is 35.5. The highest BCUT2D eigenvalue weighted by molar-refractivity contribution is 6.30. The Labute approximate surface area is 135 Å². The van der Waals surface area contributed by atoms with Crippen LogP contribution in [-0.4, -0.2) is 12.5 Å². The molecule has 3 nitrogen and oxygen atoms in total. The number of rotatable bonds is 6. The first-order valence-corrected chi connectivity index (χ1v) is 7.48. The minimum absolute atomic E-state index is 0.135. The van der Waals surface area contributed by atoms with Crippen LogP contribution in [0.2, 0.25) is 5.02 Å². The largest absolute Gasteiger partial charge is 0.494 e. The van der Waals surface area contributed by atoms with E-state index < -0.39 is 0 Å². The third-order valence-electron chi connectivity index (χ3n) is 3.00. The molecular weight excluding hydrogens is 298 g/mol. The van der Waals surface area contributed by atoms with Gasteiger partial charge < -0.3 is 10.1 Å². The quantitative estimate of drug-likeness (QED) is 0.816. The molecule has 0 aromatic heterocycles. The fraction of sp³-hybridized carbons (Fsp3) is 0.167. The van der Waals surface area contributed by atoms with Gasteiger partial charge >= 0.3 is 0 Å². The van der Waals surface area contributed by atoms with Crippen molar-refractivity contribution in [2.45, 2.75) is 13.5 Å². The molecule has 0 aliphatic heterocycles. The first-order chi connectivity index (χ1) is 10.7. The van der Waals surface area contributed by atoms with Gasteiger partial charge in [0.15, 0.2) is 0 Å². The van der Waals surface area contributed by atoms with Gasteiger partial charge in [-0.25, -0.2) is 0 Å². The molecule has 0 saturated carbocycles. The van der Waals surface area contributed by atoms with E-state index in [9.17, 15) is 4.79 Å². The summed E-state index contributed by atoms with van der Waals surface area (Å²) in [6.07, 6.45) is 3.29. The first-order valence-electron chi connectivity index (χ1n) is 7.10. The van der Waals surface area contributed by atoms with E-state index in [4.69, 9.17) is 16.3 Å². The Morgan fingerprint density at radius 3 is 2.45 bits per heavy atom. The Morgan fingerprint density at radius 1 is 1.14 bits per heavy atom. The van der Waals surface area contributed by atoms with Crippen LogP contribution in [0.4, 0.5) is 0 Å². The van der Waals surface area contributed by atoms with Crippen molar-refractivity contribution in [2.24, 2.45) is 0 Å². The molecule has 2 aromatic carbocycles. The number of halogens is 1. The first kappa shape index (κ1) is 16.1. The number of nitrogens with one attached hydrogen (secondary N) is 1. The molecule has 0 bridgehead atoms. The summed E-state index contributed by atoms with van der Waals surface area (Å²) in [5.41, 5.74) is 1.96. The van der Waals surface area contributed by atoms with Crippen LogP contribution in [-0.2, 0) is 11.3 Å². The van der Waals surface area contributed by atoms with Crippen molar-refractivity contribution in [1.82, 2.24) is 5.32 Å². The molecule has 0 heterocycles. The number of hydrogen-bond acceptors (Lipinski definition) is 2. The van der Waals surface area contributed by atoms with E-state index in [0.29, 0.717) is 18.2 Å². The second kappa shape index (κ2) is 8.25. The van der Waals surface area contributed by atoms with Crippen LogP contribution in [0.1, 0.15) is 18.1 Å². The normalized spacial score (nSPS) is 10.6. The minimum atomic E-state index is -0.135. The van der Waals surface area contributed by atoms with Crippen LogP contribution in [0.5, 0.6) is 5.75 Å². The zero-order valence-corrected chi connectivity index (χ0v) is 13.1. The van der Waals surface area contributed by atoms with Crippen LogP contribution in [0.25, 0.3) is 6.08 Å². The monoisotopic (exact) mass is 315 g/mol. The molecule has 0 radical (unpaired) electrons. The Kier molecular flexibility index (Phi) is 6.04. The van der Waals surface area contributed by atoms with Gasteiger partial charge in [-0.3, -0.25) is 4.79 Å². The maximum Gasteiger partial charge on any atom is 0.244 e. The van der Waals surface area contributed by atoms with Gasteiger partial charge in [0.05, 0.1) is 6.61 Å². The van der Waals surface area contributed by atoms with Gasteiger partial charge in [-0.1, -0.05) is 35.9 Å². The molecule has 2 rings (SSSR count). The lowest BCUT2D eigenvalue weighted by Gasteiger charge is -2.03. The Morgan fingerprint density at radius 2 is 1.82 bits per heavy atom. The second-order valence-electron chi connectivity index (χ2n) is 4.68. The van der Waals surface area contributed by atoms with E-state index in [1.165, 1.54) is 6.08 Å². The summed E-state index contributed by atoms with van der Waals surface area (Å²) in [6.45, 7) is 3.06. The second-order valence-corrected chi connectivity index (χ2v) is 5.12. The van der Waals surface area contributed by atoms with Crippen molar-refractivity contribution in [3.63, 3.8) is 0 Å². The van der Waals surface area contributed by atoms with E-state index in [0.717, 1.165) is 16.9 Å². The molecule has 0 atom stereocenters.